The van der Waals surface area contributed by atoms with Crippen molar-refractivity contribution < 1.29 is 13.9 Å². The van der Waals surface area contributed by atoms with Crippen LogP contribution in [-0.2, 0) is 4.79 Å². The number of aryl methyl sites for hydroxylation is 1. The number of ether oxygens (including phenoxy) is 1. The van der Waals surface area contributed by atoms with E-state index in [1.54, 1.807) is 38.3 Å². The molecule has 0 unspecified atom stereocenters. The molecule has 0 heterocycles. The number of hydrogen-bond donors (Lipinski definition) is 1. The van der Waals surface area contributed by atoms with Crippen LogP contribution in [0.5, 0.6) is 5.75 Å². The summed E-state index contributed by atoms with van der Waals surface area (Å²) in [6.45, 7) is 1.79. The number of anilines is 1. The summed E-state index contributed by atoms with van der Waals surface area (Å²) < 4.78 is 18.8. The average molecular weight is 285 g/mol. The lowest BCUT2D eigenvalue weighted by atomic mass is 10.2. The second-order valence-electron chi connectivity index (χ2n) is 4.55. The predicted molar refractivity (Wildman–Crippen MR) is 81.8 cm³/mol. The molecule has 0 aliphatic heterocycles. The van der Waals surface area contributed by atoms with Crippen LogP contribution >= 0.6 is 0 Å². The largest absolute Gasteiger partial charge is 0.496 e. The van der Waals surface area contributed by atoms with Crippen molar-refractivity contribution in [2.24, 2.45) is 0 Å². The van der Waals surface area contributed by atoms with Crippen LogP contribution < -0.4 is 10.1 Å². The Balaban J connectivity index is 2.09. The Morgan fingerprint density at radius 2 is 2.00 bits per heavy atom. The molecule has 2 aromatic carbocycles. The molecule has 2 aromatic rings. The summed E-state index contributed by atoms with van der Waals surface area (Å²) in [5.74, 6) is -0.180. The summed E-state index contributed by atoms with van der Waals surface area (Å²) in [5, 5.41) is 2.50. The Kier molecular flexibility index (Phi) is 4.72. The molecule has 0 atom stereocenters. The van der Waals surface area contributed by atoms with Gasteiger partial charge in [-0.15, -0.1) is 0 Å². The lowest BCUT2D eigenvalue weighted by molar-refractivity contribution is -0.111. The highest BCUT2D eigenvalue weighted by Crippen LogP contribution is 2.19. The van der Waals surface area contributed by atoms with Gasteiger partial charge in [0, 0.05) is 11.6 Å². The molecule has 1 amide bonds. The Morgan fingerprint density at radius 3 is 2.71 bits per heavy atom. The summed E-state index contributed by atoms with van der Waals surface area (Å²) in [6, 6.07) is 12.0. The zero-order valence-corrected chi connectivity index (χ0v) is 11.9. The lowest BCUT2D eigenvalue weighted by Gasteiger charge is -2.05. The highest BCUT2D eigenvalue weighted by atomic mass is 19.1. The zero-order chi connectivity index (χ0) is 15.2. The van der Waals surface area contributed by atoms with Crippen molar-refractivity contribution in [1.29, 1.82) is 0 Å². The molecule has 0 spiro atoms. The third-order valence-corrected chi connectivity index (χ3v) is 2.94. The van der Waals surface area contributed by atoms with E-state index in [0.717, 1.165) is 11.1 Å². The van der Waals surface area contributed by atoms with Crippen LogP contribution in [0.4, 0.5) is 10.1 Å². The maximum Gasteiger partial charge on any atom is 0.248 e. The number of amides is 1. The van der Waals surface area contributed by atoms with E-state index >= 15 is 0 Å². The number of carbonyl (C=O) groups excluding carboxylic acids is 1. The van der Waals surface area contributed by atoms with Crippen molar-refractivity contribution in [3.8, 4) is 5.75 Å². The molecule has 0 aromatic heterocycles. The maximum atomic E-state index is 13.6. The van der Waals surface area contributed by atoms with Gasteiger partial charge in [-0.2, -0.15) is 0 Å². The minimum absolute atomic E-state index is 0.162. The SMILES string of the molecule is COc1ccccc1/C=C/C(=O)Nc1ccc(C)cc1F. The van der Waals surface area contributed by atoms with E-state index in [4.69, 9.17) is 4.74 Å². The van der Waals surface area contributed by atoms with E-state index in [0.29, 0.717) is 5.75 Å². The van der Waals surface area contributed by atoms with Gasteiger partial charge in [0.2, 0.25) is 5.91 Å². The molecule has 3 nitrogen and oxygen atoms in total. The molecular formula is C17H16FNO2. The Hall–Kier alpha value is -2.62. The molecule has 0 bridgehead atoms. The second kappa shape index (κ2) is 6.70. The first kappa shape index (κ1) is 14.8. The van der Waals surface area contributed by atoms with Crippen LogP contribution in [0.1, 0.15) is 11.1 Å². The fourth-order valence-electron chi connectivity index (χ4n) is 1.87. The van der Waals surface area contributed by atoms with Crippen LogP contribution in [-0.4, -0.2) is 13.0 Å². The second-order valence-corrected chi connectivity index (χ2v) is 4.55. The number of benzene rings is 2. The average Bonchev–Trinajstić information content (AvgIpc) is 2.48. The quantitative estimate of drug-likeness (QED) is 0.868. The maximum absolute atomic E-state index is 13.6. The third kappa shape index (κ3) is 3.92. The van der Waals surface area contributed by atoms with Crippen LogP contribution in [0.15, 0.2) is 48.5 Å². The van der Waals surface area contributed by atoms with Gasteiger partial charge >= 0.3 is 0 Å². The molecule has 0 saturated heterocycles. The zero-order valence-electron chi connectivity index (χ0n) is 11.9. The Morgan fingerprint density at radius 1 is 1.24 bits per heavy atom. The van der Waals surface area contributed by atoms with E-state index in [-0.39, 0.29) is 5.69 Å². The van der Waals surface area contributed by atoms with E-state index in [1.165, 1.54) is 12.1 Å². The van der Waals surface area contributed by atoms with Gasteiger partial charge in [0.25, 0.3) is 0 Å². The minimum atomic E-state index is -0.450. The number of hydrogen-bond acceptors (Lipinski definition) is 2. The minimum Gasteiger partial charge on any atom is -0.496 e. The Bertz CT molecular complexity index is 680. The fourth-order valence-corrected chi connectivity index (χ4v) is 1.87. The van der Waals surface area contributed by atoms with E-state index in [2.05, 4.69) is 5.32 Å². The molecule has 4 heteroatoms. The molecule has 108 valence electrons. The summed E-state index contributed by atoms with van der Waals surface area (Å²) in [4.78, 5) is 11.8. The summed E-state index contributed by atoms with van der Waals surface area (Å²) in [6.07, 6.45) is 2.97. The summed E-state index contributed by atoms with van der Waals surface area (Å²) >= 11 is 0. The van der Waals surface area contributed by atoms with Crippen molar-refractivity contribution in [2.45, 2.75) is 6.92 Å². The van der Waals surface area contributed by atoms with Gasteiger partial charge in [-0.25, -0.2) is 4.39 Å². The van der Waals surface area contributed by atoms with Gasteiger partial charge in [0.05, 0.1) is 12.8 Å². The third-order valence-electron chi connectivity index (χ3n) is 2.94. The molecule has 0 radical (unpaired) electrons. The fraction of sp³-hybridized carbons (Fsp3) is 0.118. The normalized spacial score (nSPS) is 10.6. The number of methoxy groups -OCH3 is 1. The molecule has 2 rings (SSSR count). The van der Waals surface area contributed by atoms with Gasteiger partial charge in [-0.05, 0) is 36.8 Å². The van der Waals surface area contributed by atoms with Gasteiger partial charge in [0.1, 0.15) is 11.6 Å². The van der Waals surface area contributed by atoms with Crippen molar-refractivity contribution in [3.63, 3.8) is 0 Å². The Labute approximate surface area is 123 Å². The monoisotopic (exact) mass is 285 g/mol. The molecule has 0 fully saturated rings. The highest BCUT2D eigenvalue weighted by molar-refractivity contribution is 6.02. The van der Waals surface area contributed by atoms with Crippen LogP contribution in [0.25, 0.3) is 6.08 Å². The summed E-state index contributed by atoms with van der Waals surface area (Å²) in [5.41, 5.74) is 1.74. The number of halogens is 1. The van der Waals surface area contributed by atoms with Crippen molar-refractivity contribution in [2.75, 3.05) is 12.4 Å². The lowest BCUT2D eigenvalue weighted by Crippen LogP contribution is -2.09. The van der Waals surface area contributed by atoms with Gasteiger partial charge in [0.15, 0.2) is 0 Å². The predicted octanol–water partition coefficient (Wildman–Crippen LogP) is 3.79. The summed E-state index contributed by atoms with van der Waals surface area (Å²) in [7, 11) is 1.56. The molecule has 0 aliphatic carbocycles. The number of para-hydroxylation sites is 1. The molecule has 21 heavy (non-hydrogen) atoms. The first-order chi connectivity index (χ1) is 10.1. The first-order valence-electron chi connectivity index (χ1n) is 6.48. The van der Waals surface area contributed by atoms with Gasteiger partial charge < -0.3 is 10.1 Å². The molecule has 0 aliphatic rings. The molecular weight excluding hydrogens is 269 g/mol. The number of rotatable bonds is 4. The van der Waals surface area contributed by atoms with E-state index < -0.39 is 11.7 Å². The highest BCUT2D eigenvalue weighted by Gasteiger charge is 2.05. The van der Waals surface area contributed by atoms with Crippen LogP contribution in [0.2, 0.25) is 0 Å². The number of nitrogens with one attached hydrogen (secondary N) is 1. The first-order valence-corrected chi connectivity index (χ1v) is 6.48. The van der Waals surface area contributed by atoms with Crippen molar-refractivity contribution in [1.82, 2.24) is 0 Å². The van der Waals surface area contributed by atoms with Gasteiger partial charge in [-0.1, -0.05) is 24.3 Å². The van der Waals surface area contributed by atoms with Crippen molar-refractivity contribution >= 4 is 17.7 Å². The molecule has 0 saturated carbocycles. The topological polar surface area (TPSA) is 38.3 Å². The van der Waals surface area contributed by atoms with Crippen LogP contribution in [0, 0.1) is 12.7 Å². The van der Waals surface area contributed by atoms with Crippen molar-refractivity contribution in [3.05, 3.63) is 65.5 Å². The van der Waals surface area contributed by atoms with Gasteiger partial charge in [-0.3, -0.25) is 4.79 Å². The molecule has 1 N–H and O–H groups in total. The standard InChI is InChI=1S/C17H16FNO2/c1-12-7-9-15(14(18)11-12)19-17(20)10-8-13-5-3-4-6-16(13)21-2/h3-11H,1-2H3,(H,19,20)/b10-8+. The van der Waals surface area contributed by atoms with E-state index in [1.807, 2.05) is 18.2 Å². The smallest absolute Gasteiger partial charge is 0.248 e. The van der Waals surface area contributed by atoms with E-state index in [9.17, 15) is 9.18 Å². The number of carbonyl (C=O) groups is 1. The van der Waals surface area contributed by atoms with Crippen LogP contribution in [0.3, 0.4) is 0 Å².